The molecule has 0 amide bonds. The summed E-state index contributed by atoms with van der Waals surface area (Å²) in [6.45, 7) is 4.27. The van der Waals surface area contributed by atoms with Gasteiger partial charge in [-0.05, 0) is 19.4 Å². The molecule has 1 aliphatic carbocycles. The zero-order chi connectivity index (χ0) is 8.43. The summed E-state index contributed by atoms with van der Waals surface area (Å²) in [4.78, 5) is 11.3. The number of hydrogen-bond acceptors (Lipinski definition) is 2. The summed E-state index contributed by atoms with van der Waals surface area (Å²) in [6, 6.07) is 0. The van der Waals surface area contributed by atoms with E-state index in [2.05, 4.69) is 0 Å². The molecule has 2 N–H and O–H groups in total. The first-order valence-electron chi connectivity index (χ1n) is 3.75. The van der Waals surface area contributed by atoms with E-state index in [1.54, 1.807) is 0 Å². The lowest BCUT2D eigenvalue weighted by atomic mass is 9.93. The highest BCUT2D eigenvalue weighted by Gasteiger charge is 2.15. The van der Waals surface area contributed by atoms with E-state index in [1.165, 1.54) is 0 Å². The Kier molecular flexibility index (Phi) is 2.25. The standard InChI is InChI=1S/C9H13NO/c1-6-3-7(2)8(5-10)9(11)4-6/h3H,4-5,10H2,1-2H3. The van der Waals surface area contributed by atoms with Gasteiger partial charge >= 0.3 is 0 Å². The molecular weight excluding hydrogens is 138 g/mol. The van der Waals surface area contributed by atoms with Crippen molar-refractivity contribution in [2.75, 3.05) is 6.54 Å². The summed E-state index contributed by atoms with van der Waals surface area (Å²) in [5, 5.41) is 0. The minimum Gasteiger partial charge on any atom is -0.326 e. The Labute approximate surface area is 66.8 Å². The van der Waals surface area contributed by atoms with Crippen LogP contribution in [0.25, 0.3) is 0 Å². The molecule has 0 radical (unpaired) electrons. The van der Waals surface area contributed by atoms with Gasteiger partial charge in [0.05, 0.1) is 0 Å². The normalized spacial score (nSPS) is 18.8. The van der Waals surface area contributed by atoms with Crippen molar-refractivity contribution >= 4 is 5.78 Å². The molecule has 0 heterocycles. The van der Waals surface area contributed by atoms with Crippen LogP contribution in [0, 0.1) is 0 Å². The molecule has 2 heteroatoms. The lowest BCUT2D eigenvalue weighted by Gasteiger charge is -2.12. The van der Waals surface area contributed by atoms with Gasteiger partial charge in [-0.15, -0.1) is 0 Å². The van der Waals surface area contributed by atoms with Gasteiger partial charge < -0.3 is 5.73 Å². The Hall–Kier alpha value is -0.890. The molecule has 0 bridgehead atoms. The highest BCUT2D eigenvalue weighted by molar-refractivity contribution is 5.99. The van der Waals surface area contributed by atoms with Gasteiger partial charge in [-0.2, -0.15) is 0 Å². The Morgan fingerprint density at radius 1 is 1.55 bits per heavy atom. The number of nitrogens with two attached hydrogens (primary N) is 1. The van der Waals surface area contributed by atoms with Crippen LogP contribution < -0.4 is 5.73 Å². The first-order valence-corrected chi connectivity index (χ1v) is 3.75. The first-order chi connectivity index (χ1) is 5.15. The molecule has 60 valence electrons. The van der Waals surface area contributed by atoms with Crippen molar-refractivity contribution in [2.45, 2.75) is 20.3 Å². The second-order valence-electron chi connectivity index (χ2n) is 2.96. The molecule has 11 heavy (non-hydrogen) atoms. The topological polar surface area (TPSA) is 43.1 Å². The third-order valence-electron chi connectivity index (χ3n) is 1.92. The highest BCUT2D eigenvalue weighted by atomic mass is 16.1. The van der Waals surface area contributed by atoms with Crippen molar-refractivity contribution in [2.24, 2.45) is 5.73 Å². The highest BCUT2D eigenvalue weighted by Crippen LogP contribution is 2.19. The van der Waals surface area contributed by atoms with Crippen LogP contribution in [-0.4, -0.2) is 12.3 Å². The van der Waals surface area contributed by atoms with Crippen LogP contribution in [0.3, 0.4) is 0 Å². The van der Waals surface area contributed by atoms with Gasteiger partial charge in [-0.3, -0.25) is 4.79 Å². The fraction of sp³-hybridized carbons (Fsp3) is 0.444. The fourth-order valence-electron chi connectivity index (χ4n) is 1.36. The molecule has 0 aromatic rings. The molecule has 0 spiro atoms. The minimum absolute atomic E-state index is 0.185. The molecule has 0 fully saturated rings. The molecule has 0 unspecified atom stereocenters. The van der Waals surface area contributed by atoms with Crippen LogP contribution in [0.5, 0.6) is 0 Å². The van der Waals surface area contributed by atoms with E-state index in [9.17, 15) is 4.79 Å². The summed E-state index contributed by atoms with van der Waals surface area (Å²) in [5.74, 6) is 0.185. The first kappa shape index (κ1) is 8.21. The van der Waals surface area contributed by atoms with Crippen LogP contribution >= 0.6 is 0 Å². The van der Waals surface area contributed by atoms with Crippen molar-refractivity contribution in [3.8, 4) is 0 Å². The van der Waals surface area contributed by atoms with E-state index in [1.807, 2.05) is 19.9 Å². The van der Waals surface area contributed by atoms with Crippen LogP contribution in [-0.2, 0) is 4.79 Å². The summed E-state index contributed by atoms with van der Waals surface area (Å²) in [6.07, 6.45) is 2.58. The smallest absolute Gasteiger partial charge is 0.164 e. The molecule has 0 atom stereocenters. The van der Waals surface area contributed by atoms with Crippen LogP contribution in [0.1, 0.15) is 20.3 Å². The summed E-state index contributed by atoms with van der Waals surface area (Å²) in [5.41, 5.74) is 8.37. The molecule has 0 aromatic heterocycles. The second-order valence-corrected chi connectivity index (χ2v) is 2.96. The van der Waals surface area contributed by atoms with E-state index >= 15 is 0 Å². The average molecular weight is 151 g/mol. The predicted molar refractivity (Wildman–Crippen MR) is 45.1 cm³/mol. The average Bonchev–Trinajstić information content (AvgIpc) is 1.85. The number of carbonyl (C=O) groups is 1. The Morgan fingerprint density at radius 3 is 2.64 bits per heavy atom. The van der Waals surface area contributed by atoms with Gasteiger partial charge in [0.1, 0.15) is 0 Å². The molecular formula is C9H13NO. The number of Topliss-reactive ketones (excluding diaryl/α,β-unsaturated/α-hetero) is 1. The maximum atomic E-state index is 11.3. The maximum Gasteiger partial charge on any atom is 0.164 e. The van der Waals surface area contributed by atoms with Gasteiger partial charge in [-0.25, -0.2) is 0 Å². The molecule has 0 aromatic carbocycles. The van der Waals surface area contributed by atoms with E-state index in [-0.39, 0.29) is 5.78 Å². The third kappa shape index (κ3) is 1.57. The lowest BCUT2D eigenvalue weighted by Crippen LogP contribution is -2.17. The number of rotatable bonds is 1. The SMILES string of the molecule is CC1=CC(C)=C(CN)C(=O)C1. The molecule has 1 aliphatic rings. The molecule has 0 saturated heterocycles. The molecule has 2 nitrogen and oxygen atoms in total. The molecule has 0 saturated carbocycles. The van der Waals surface area contributed by atoms with Crippen LogP contribution in [0.4, 0.5) is 0 Å². The maximum absolute atomic E-state index is 11.3. The van der Waals surface area contributed by atoms with Crippen molar-refractivity contribution < 1.29 is 4.79 Å². The van der Waals surface area contributed by atoms with Gasteiger partial charge in [0.25, 0.3) is 0 Å². The number of allylic oxidation sites excluding steroid dienone is 3. The number of hydrogen-bond donors (Lipinski definition) is 1. The Bertz CT molecular complexity index is 248. The van der Waals surface area contributed by atoms with Crippen molar-refractivity contribution in [3.05, 3.63) is 22.8 Å². The molecule has 1 rings (SSSR count). The van der Waals surface area contributed by atoms with Gasteiger partial charge in [0.15, 0.2) is 5.78 Å². The monoisotopic (exact) mass is 151 g/mol. The fourth-order valence-corrected chi connectivity index (χ4v) is 1.36. The summed E-state index contributed by atoms with van der Waals surface area (Å²) in [7, 11) is 0. The second kappa shape index (κ2) is 3.01. The number of ketones is 1. The van der Waals surface area contributed by atoms with Crippen molar-refractivity contribution in [1.82, 2.24) is 0 Å². The van der Waals surface area contributed by atoms with Gasteiger partial charge in [0.2, 0.25) is 0 Å². The summed E-state index contributed by atoms with van der Waals surface area (Å²) < 4.78 is 0. The van der Waals surface area contributed by atoms with Crippen molar-refractivity contribution in [1.29, 1.82) is 0 Å². The van der Waals surface area contributed by atoms with E-state index in [0.29, 0.717) is 13.0 Å². The minimum atomic E-state index is 0.185. The van der Waals surface area contributed by atoms with Crippen molar-refractivity contribution in [3.63, 3.8) is 0 Å². The Balaban J connectivity index is 3.02. The van der Waals surface area contributed by atoms with Crippen LogP contribution in [0.15, 0.2) is 22.8 Å². The van der Waals surface area contributed by atoms with Gasteiger partial charge in [-0.1, -0.05) is 11.6 Å². The van der Waals surface area contributed by atoms with E-state index in [0.717, 1.165) is 16.7 Å². The Morgan fingerprint density at radius 2 is 2.18 bits per heavy atom. The molecule has 0 aliphatic heterocycles. The van der Waals surface area contributed by atoms with Crippen LogP contribution in [0.2, 0.25) is 0 Å². The summed E-state index contributed by atoms with van der Waals surface area (Å²) >= 11 is 0. The quantitative estimate of drug-likeness (QED) is 0.611. The van der Waals surface area contributed by atoms with E-state index < -0.39 is 0 Å². The predicted octanol–water partition coefficient (Wildman–Crippen LogP) is 1.18. The zero-order valence-electron chi connectivity index (χ0n) is 6.98. The third-order valence-corrected chi connectivity index (χ3v) is 1.92. The zero-order valence-corrected chi connectivity index (χ0v) is 6.98. The van der Waals surface area contributed by atoms with Gasteiger partial charge in [0, 0.05) is 18.5 Å². The largest absolute Gasteiger partial charge is 0.326 e. The lowest BCUT2D eigenvalue weighted by molar-refractivity contribution is -0.115. The number of carbonyl (C=O) groups excluding carboxylic acids is 1. The van der Waals surface area contributed by atoms with E-state index in [4.69, 9.17) is 5.73 Å².